The normalized spacial score (nSPS) is 9.50. The first kappa shape index (κ1) is 9.17. The highest BCUT2D eigenvalue weighted by Gasteiger charge is 2.06. The summed E-state index contributed by atoms with van der Waals surface area (Å²) in [7, 11) is 0. The van der Waals surface area contributed by atoms with Crippen LogP contribution in [0.5, 0.6) is 0 Å². The number of nitriles is 1. The second kappa shape index (κ2) is 3.65. The maximum Gasteiger partial charge on any atom is 0.125 e. The van der Waals surface area contributed by atoms with E-state index in [1.54, 1.807) is 0 Å². The minimum absolute atomic E-state index is 0.226. The molecule has 62 valence electrons. The van der Waals surface area contributed by atoms with E-state index in [-0.39, 0.29) is 12.1 Å². The van der Waals surface area contributed by atoms with Crippen LogP contribution in [0.1, 0.15) is 11.1 Å². The standard InChI is InChI=1S/C8H6BrFN2/c9-8-2-6(10)1-5(3-11)7(8)4-12/h1-2H,4,12H2. The zero-order valence-electron chi connectivity index (χ0n) is 6.14. The maximum atomic E-state index is 12.7. The summed E-state index contributed by atoms with van der Waals surface area (Å²) in [6, 6.07) is 4.35. The van der Waals surface area contributed by atoms with E-state index in [0.29, 0.717) is 10.0 Å². The highest BCUT2D eigenvalue weighted by atomic mass is 79.9. The van der Waals surface area contributed by atoms with Crippen LogP contribution in [0.3, 0.4) is 0 Å². The summed E-state index contributed by atoms with van der Waals surface area (Å²) in [5.41, 5.74) is 6.29. The molecule has 1 aromatic carbocycles. The average Bonchev–Trinajstić information content (AvgIpc) is 2.03. The van der Waals surface area contributed by atoms with Gasteiger partial charge in [-0.3, -0.25) is 0 Å². The Morgan fingerprint density at radius 2 is 2.25 bits per heavy atom. The lowest BCUT2D eigenvalue weighted by Gasteiger charge is -2.02. The molecule has 0 atom stereocenters. The summed E-state index contributed by atoms with van der Waals surface area (Å²) < 4.78 is 13.3. The van der Waals surface area contributed by atoms with Gasteiger partial charge in [0.05, 0.1) is 11.6 Å². The Hall–Kier alpha value is -0.920. The smallest absolute Gasteiger partial charge is 0.125 e. The van der Waals surface area contributed by atoms with Gasteiger partial charge < -0.3 is 5.73 Å². The third-order valence-electron chi connectivity index (χ3n) is 1.48. The maximum absolute atomic E-state index is 12.7. The Morgan fingerprint density at radius 1 is 1.58 bits per heavy atom. The van der Waals surface area contributed by atoms with Crippen molar-refractivity contribution in [3.63, 3.8) is 0 Å². The molecular formula is C8H6BrFN2. The first-order valence-electron chi connectivity index (χ1n) is 3.27. The van der Waals surface area contributed by atoms with E-state index in [1.807, 2.05) is 6.07 Å². The van der Waals surface area contributed by atoms with Crippen molar-refractivity contribution in [1.82, 2.24) is 0 Å². The van der Waals surface area contributed by atoms with E-state index >= 15 is 0 Å². The minimum atomic E-state index is -0.435. The highest BCUT2D eigenvalue weighted by molar-refractivity contribution is 9.10. The molecule has 0 saturated carbocycles. The van der Waals surface area contributed by atoms with Crippen molar-refractivity contribution < 1.29 is 4.39 Å². The molecular weight excluding hydrogens is 223 g/mol. The molecule has 2 N–H and O–H groups in total. The molecule has 4 heteroatoms. The third kappa shape index (κ3) is 1.63. The van der Waals surface area contributed by atoms with Gasteiger partial charge in [0.25, 0.3) is 0 Å². The molecule has 0 aliphatic carbocycles. The third-order valence-corrected chi connectivity index (χ3v) is 2.19. The summed E-state index contributed by atoms with van der Waals surface area (Å²) in [5.74, 6) is -0.435. The van der Waals surface area contributed by atoms with Crippen LogP contribution in [0.25, 0.3) is 0 Å². The Bertz CT molecular complexity index is 344. The van der Waals surface area contributed by atoms with Gasteiger partial charge in [0.2, 0.25) is 0 Å². The van der Waals surface area contributed by atoms with Crippen LogP contribution in [-0.4, -0.2) is 0 Å². The zero-order chi connectivity index (χ0) is 9.14. The van der Waals surface area contributed by atoms with Crippen molar-refractivity contribution in [2.45, 2.75) is 6.54 Å². The zero-order valence-corrected chi connectivity index (χ0v) is 7.73. The number of halogens is 2. The van der Waals surface area contributed by atoms with Gasteiger partial charge in [0, 0.05) is 11.0 Å². The van der Waals surface area contributed by atoms with Gasteiger partial charge in [-0.25, -0.2) is 4.39 Å². The van der Waals surface area contributed by atoms with Crippen molar-refractivity contribution in [3.05, 3.63) is 33.5 Å². The largest absolute Gasteiger partial charge is 0.326 e. The molecule has 0 unspecified atom stereocenters. The number of rotatable bonds is 1. The minimum Gasteiger partial charge on any atom is -0.326 e. The van der Waals surface area contributed by atoms with E-state index in [9.17, 15) is 4.39 Å². The summed E-state index contributed by atoms with van der Waals surface area (Å²) in [6.45, 7) is 0.226. The molecule has 0 fully saturated rings. The fourth-order valence-corrected chi connectivity index (χ4v) is 1.50. The molecule has 0 amide bonds. The monoisotopic (exact) mass is 228 g/mol. The molecule has 1 aromatic rings. The number of hydrogen-bond acceptors (Lipinski definition) is 2. The first-order chi connectivity index (χ1) is 5.69. The van der Waals surface area contributed by atoms with Gasteiger partial charge in [0.15, 0.2) is 0 Å². The number of nitrogens with two attached hydrogens (primary N) is 1. The first-order valence-corrected chi connectivity index (χ1v) is 4.06. The van der Waals surface area contributed by atoms with Gasteiger partial charge in [-0.05, 0) is 17.7 Å². The predicted octanol–water partition coefficient (Wildman–Crippen LogP) is 1.92. The number of nitrogens with zero attached hydrogens (tertiary/aromatic N) is 1. The van der Waals surface area contributed by atoms with Crippen molar-refractivity contribution >= 4 is 15.9 Å². The van der Waals surface area contributed by atoms with Crippen LogP contribution in [0.4, 0.5) is 4.39 Å². The topological polar surface area (TPSA) is 49.8 Å². The van der Waals surface area contributed by atoms with Crippen molar-refractivity contribution in [1.29, 1.82) is 5.26 Å². The average molecular weight is 229 g/mol. The van der Waals surface area contributed by atoms with E-state index in [4.69, 9.17) is 11.0 Å². The molecule has 0 bridgehead atoms. The van der Waals surface area contributed by atoms with Crippen LogP contribution in [0.15, 0.2) is 16.6 Å². The second-order valence-electron chi connectivity index (χ2n) is 2.23. The van der Waals surface area contributed by atoms with Crippen molar-refractivity contribution in [2.24, 2.45) is 5.73 Å². The van der Waals surface area contributed by atoms with Gasteiger partial charge in [0.1, 0.15) is 5.82 Å². The molecule has 2 nitrogen and oxygen atoms in total. The van der Waals surface area contributed by atoms with E-state index in [2.05, 4.69) is 15.9 Å². The fraction of sp³-hybridized carbons (Fsp3) is 0.125. The number of hydrogen-bond donors (Lipinski definition) is 1. The van der Waals surface area contributed by atoms with Gasteiger partial charge in [-0.2, -0.15) is 5.26 Å². The molecule has 1 rings (SSSR count). The van der Waals surface area contributed by atoms with E-state index in [0.717, 1.165) is 0 Å². The SMILES string of the molecule is N#Cc1cc(F)cc(Br)c1CN. The number of benzene rings is 1. The van der Waals surface area contributed by atoms with Crippen molar-refractivity contribution in [2.75, 3.05) is 0 Å². The Labute approximate surface area is 77.9 Å². The second-order valence-corrected chi connectivity index (χ2v) is 3.08. The van der Waals surface area contributed by atoms with Crippen molar-refractivity contribution in [3.8, 4) is 6.07 Å². The van der Waals surface area contributed by atoms with Gasteiger partial charge in [-0.15, -0.1) is 0 Å². The fourth-order valence-electron chi connectivity index (χ4n) is 0.911. The summed E-state index contributed by atoms with van der Waals surface area (Å²) in [6.07, 6.45) is 0. The lowest BCUT2D eigenvalue weighted by atomic mass is 10.1. The molecule has 12 heavy (non-hydrogen) atoms. The molecule has 0 aromatic heterocycles. The van der Waals surface area contributed by atoms with Gasteiger partial charge >= 0.3 is 0 Å². The highest BCUT2D eigenvalue weighted by Crippen LogP contribution is 2.21. The quantitative estimate of drug-likeness (QED) is 0.799. The molecule has 0 heterocycles. The van der Waals surface area contributed by atoms with Crippen LogP contribution < -0.4 is 5.73 Å². The Morgan fingerprint density at radius 3 is 2.75 bits per heavy atom. The van der Waals surface area contributed by atoms with E-state index < -0.39 is 5.82 Å². The molecule has 0 aliphatic rings. The Kier molecular flexibility index (Phi) is 2.79. The summed E-state index contributed by atoms with van der Waals surface area (Å²) in [4.78, 5) is 0. The Balaban J connectivity index is 3.36. The molecule has 0 saturated heterocycles. The van der Waals surface area contributed by atoms with Gasteiger partial charge in [-0.1, -0.05) is 15.9 Å². The molecule has 0 radical (unpaired) electrons. The summed E-state index contributed by atoms with van der Waals surface area (Å²) >= 11 is 3.13. The summed E-state index contributed by atoms with van der Waals surface area (Å²) in [5, 5.41) is 8.61. The molecule has 0 spiro atoms. The van der Waals surface area contributed by atoms with E-state index in [1.165, 1.54) is 12.1 Å². The van der Waals surface area contributed by atoms with Crippen LogP contribution in [-0.2, 0) is 6.54 Å². The van der Waals surface area contributed by atoms with Crippen LogP contribution in [0.2, 0.25) is 0 Å². The lowest BCUT2D eigenvalue weighted by molar-refractivity contribution is 0.625. The molecule has 0 aliphatic heterocycles. The van der Waals surface area contributed by atoms with Crippen LogP contribution in [0, 0.1) is 17.1 Å². The van der Waals surface area contributed by atoms with Crippen LogP contribution >= 0.6 is 15.9 Å². The lowest BCUT2D eigenvalue weighted by Crippen LogP contribution is -2.01. The predicted molar refractivity (Wildman–Crippen MR) is 46.7 cm³/mol.